The Labute approximate surface area is 692 Å². The number of hydrogen-bond acceptors (Lipinski definition) is 28. The van der Waals surface area contributed by atoms with Crippen LogP contribution in [0.4, 0.5) is 11.8 Å². The van der Waals surface area contributed by atoms with Crippen molar-refractivity contribution in [1.29, 1.82) is 0 Å². The molecule has 32 heteroatoms. The number of oxazole rings is 1. The van der Waals surface area contributed by atoms with Crippen molar-refractivity contribution in [2.24, 2.45) is 40.7 Å². The molecule has 0 spiro atoms. The molecule has 118 heavy (non-hydrogen) atoms. The Bertz CT molecular complexity index is 3990. The Morgan fingerprint density at radius 1 is 0.746 bits per heavy atom. The number of amides is 3. The summed E-state index contributed by atoms with van der Waals surface area (Å²) in [6, 6.07) is 6.50. The van der Waals surface area contributed by atoms with Gasteiger partial charge in [0.05, 0.1) is 139 Å². The number of benzene rings is 1. The zero-order valence-electron chi connectivity index (χ0n) is 70.6. The molecule has 1 aromatic carbocycles. The number of aliphatic hydroxyl groups excluding tert-OH is 3. The number of pyridine rings is 1. The van der Waals surface area contributed by atoms with E-state index in [1.807, 2.05) is 91.9 Å². The number of esters is 1. The summed E-state index contributed by atoms with van der Waals surface area (Å²) in [5.74, 6) is -7.40. The molecular weight excluding hydrogens is 1520 g/mol. The Morgan fingerprint density at radius 2 is 1.43 bits per heavy atom. The van der Waals surface area contributed by atoms with Crippen LogP contribution >= 0.6 is 0 Å². The average Bonchev–Trinajstić information content (AvgIpc) is 1.52. The van der Waals surface area contributed by atoms with E-state index in [-0.39, 0.29) is 99.7 Å². The van der Waals surface area contributed by atoms with Crippen molar-refractivity contribution in [1.82, 2.24) is 34.9 Å². The first-order chi connectivity index (χ1) is 56.8. The molecule has 4 fully saturated rings. The number of carbonyl (C=O) groups is 5. The maximum Gasteiger partial charge on any atom is 0.329 e. The van der Waals surface area contributed by atoms with Crippen LogP contribution in [0.25, 0.3) is 33.3 Å². The van der Waals surface area contributed by atoms with Crippen molar-refractivity contribution in [3.05, 3.63) is 78.1 Å². The predicted octanol–water partition coefficient (Wildman–Crippen LogP) is 7.96. The molecule has 1 aliphatic carbocycles. The molecule has 3 amide bonds. The SMILES string of the molecule is CO[C@H]1C[C@@H]2CC[C@@H](C)[C@@](O)(O2)C(=O)C(=O)N2CCCC[C@H]2C(=O)O[C@H]([C@H](C)C[C@@H]2CC[C@@H](O)[C@H](OC)C2)C[C@@H](O)[C@H](C)/C=C(\C)[C@@H](O)[C@@H](OC)/C(=N/OCC(=O)NCCOCCOCCOCCOCCOCCOCCC(=O)N2CCC(n3nc(-c4ccc5oc(N)nc5c4)c4c(N)nccc43)CC2)[C@H](C)C[C@H](C)/C=C/C=C/C=C/1C. The smallest absolute Gasteiger partial charge is 0.329 e. The highest BCUT2D eigenvalue weighted by Crippen LogP contribution is 2.40. The number of methoxy groups -OCH3 is 3. The van der Waals surface area contributed by atoms with Gasteiger partial charge < -0.3 is 108 Å². The third-order valence-corrected chi connectivity index (χ3v) is 23.4. The monoisotopic (exact) mass is 1650 g/mol. The zero-order chi connectivity index (χ0) is 84.8. The average molecular weight is 1660 g/mol. The number of Topliss-reactive ketones (excluding diaryl/α,β-unsaturated/α-hetero) is 1. The molecule has 5 aliphatic rings. The number of anilines is 2. The van der Waals surface area contributed by atoms with E-state index in [2.05, 4.69) is 20.4 Å². The molecule has 2 bridgehead atoms. The van der Waals surface area contributed by atoms with Gasteiger partial charge >= 0.3 is 5.97 Å². The van der Waals surface area contributed by atoms with Gasteiger partial charge in [0.1, 0.15) is 41.4 Å². The van der Waals surface area contributed by atoms with Crippen molar-refractivity contribution in [3.63, 3.8) is 0 Å². The minimum Gasteiger partial charge on any atom is -0.460 e. The highest BCUT2D eigenvalue weighted by Gasteiger charge is 2.53. The Kier molecular flexibility index (Phi) is 37.9. The molecule has 7 heterocycles. The number of piperidine rings is 2. The van der Waals surface area contributed by atoms with Crippen molar-refractivity contribution in [2.45, 2.75) is 211 Å². The van der Waals surface area contributed by atoms with Crippen LogP contribution in [-0.2, 0) is 80.9 Å². The van der Waals surface area contributed by atoms with Gasteiger partial charge in [0.15, 0.2) is 12.2 Å². The second kappa shape index (κ2) is 47.5. The number of nitrogens with zero attached hydrogens (tertiary/aromatic N) is 7. The van der Waals surface area contributed by atoms with Gasteiger partial charge in [-0.3, -0.25) is 23.9 Å². The highest BCUT2D eigenvalue weighted by atomic mass is 16.6. The predicted molar refractivity (Wildman–Crippen MR) is 441 cm³/mol. The number of allylic oxidation sites excluding steroid dienone is 5. The van der Waals surface area contributed by atoms with Gasteiger partial charge in [-0.05, 0) is 144 Å². The summed E-state index contributed by atoms with van der Waals surface area (Å²) in [7, 11) is 4.60. The molecule has 4 aliphatic heterocycles. The van der Waals surface area contributed by atoms with Gasteiger partial charge in [0.2, 0.25) is 11.7 Å². The number of fused-ring (bicyclic) bond motifs is 5. The number of nitrogen functional groups attached to an aromatic ring is 2. The molecule has 4 aromatic rings. The van der Waals surface area contributed by atoms with E-state index in [1.165, 1.54) is 12.0 Å². The molecular formula is C86H130N10O22. The molecule has 32 nitrogen and oxygen atoms in total. The van der Waals surface area contributed by atoms with Gasteiger partial charge in [0.25, 0.3) is 23.6 Å². The first kappa shape index (κ1) is 94.2. The topological polar surface area (TPSA) is 417 Å². The zero-order valence-corrected chi connectivity index (χ0v) is 70.6. The lowest BCUT2D eigenvalue weighted by molar-refractivity contribution is -0.265. The van der Waals surface area contributed by atoms with E-state index in [0.717, 1.165) is 34.9 Å². The number of ketones is 1. The summed E-state index contributed by atoms with van der Waals surface area (Å²) < 4.78 is 71.7. The number of rotatable bonds is 32. The number of nitrogens with one attached hydrogen (secondary N) is 1. The maximum atomic E-state index is 14.7. The van der Waals surface area contributed by atoms with E-state index < -0.39 is 96.6 Å². The third-order valence-electron chi connectivity index (χ3n) is 23.4. The number of likely N-dealkylation sites (tertiary alicyclic amines) is 1. The van der Waals surface area contributed by atoms with Crippen LogP contribution in [0.3, 0.4) is 0 Å². The molecule has 16 atom stereocenters. The fourth-order valence-electron chi connectivity index (χ4n) is 16.5. The summed E-state index contributed by atoms with van der Waals surface area (Å²) in [6.07, 6.45) is 13.7. The van der Waals surface area contributed by atoms with Crippen molar-refractivity contribution < 1.29 is 106 Å². The van der Waals surface area contributed by atoms with Gasteiger partial charge in [-0.25, -0.2) is 9.78 Å². The van der Waals surface area contributed by atoms with Crippen LogP contribution in [0.15, 0.2) is 87.6 Å². The van der Waals surface area contributed by atoms with Gasteiger partial charge in [0, 0.05) is 89.9 Å². The molecule has 3 aromatic heterocycles. The molecule has 1 saturated carbocycles. The molecule has 9 N–H and O–H groups in total. The largest absolute Gasteiger partial charge is 0.460 e. The molecule has 656 valence electrons. The minimum absolute atomic E-state index is 0.0305. The maximum absolute atomic E-state index is 14.7. The van der Waals surface area contributed by atoms with Crippen LogP contribution in [-0.4, -0.2) is 279 Å². The van der Waals surface area contributed by atoms with E-state index in [0.29, 0.717) is 171 Å². The summed E-state index contributed by atoms with van der Waals surface area (Å²) in [4.78, 5) is 87.4. The first-order valence-corrected chi connectivity index (χ1v) is 42.1. The van der Waals surface area contributed by atoms with E-state index >= 15 is 0 Å². The number of oxime groups is 1. The first-order valence-electron chi connectivity index (χ1n) is 42.1. The van der Waals surface area contributed by atoms with E-state index in [4.69, 9.17) is 77.9 Å². The van der Waals surface area contributed by atoms with E-state index in [1.54, 1.807) is 47.3 Å². The lowest BCUT2D eigenvalue weighted by Crippen LogP contribution is -2.61. The lowest BCUT2D eigenvalue weighted by atomic mass is 9.78. The second-order valence-electron chi connectivity index (χ2n) is 32.2. The van der Waals surface area contributed by atoms with Crippen molar-refractivity contribution in [3.8, 4) is 11.3 Å². The number of carbonyl (C=O) groups excluding carboxylic acids is 5. The Hall–Kier alpha value is -7.67. The number of hydrogen-bond donors (Lipinski definition) is 7. The number of aliphatic hydroxyl groups is 4. The van der Waals surface area contributed by atoms with Crippen LogP contribution < -0.4 is 16.8 Å². The normalized spacial score (nSPS) is 29.5. The number of aromatic nitrogens is 4. The fourth-order valence-corrected chi connectivity index (χ4v) is 16.5. The fraction of sp³-hybridized carbons (Fsp3) is 0.686. The second-order valence-corrected chi connectivity index (χ2v) is 32.2. The molecule has 3 saturated heterocycles. The van der Waals surface area contributed by atoms with Crippen LogP contribution in [0, 0.1) is 35.5 Å². The Morgan fingerprint density at radius 3 is 2.11 bits per heavy atom. The van der Waals surface area contributed by atoms with E-state index in [9.17, 15) is 44.4 Å². The number of ether oxygens (including phenoxy) is 11. The van der Waals surface area contributed by atoms with Crippen LogP contribution in [0.5, 0.6) is 0 Å². The summed E-state index contributed by atoms with van der Waals surface area (Å²) in [6.45, 7) is 18.1. The highest BCUT2D eigenvalue weighted by molar-refractivity contribution is 6.39. The van der Waals surface area contributed by atoms with Crippen molar-refractivity contribution in [2.75, 3.05) is 145 Å². The van der Waals surface area contributed by atoms with Gasteiger partial charge in [-0.15, -0.1) is 0 Å². The number of cyclic esters (lactones) is 1. The molecule has 0 unspecified atom stereocenters. The summed E-state index contributed by atoms with van der Waals surface area (Å²) >= 11 is 0. The third kappa shape index (κ3) is 26.9. The van der Waals surface area contributed by atoms with Crippen LogP contribution in [0.1, 0.15) is 151 Å². The standard InChI is InChI=1S/C86H130N10O22/c1-54-16-12-11-13-17-55(2)71(106-8)51-64-22-19-60(7)86(105,118-64)81(102)83(103)95-31-15-14-18-67(95)84(104)116-72(57(4)48-61-20-23-68(97)73(49-61)107-9)52-69(98)56(3)47-59(6)79(101)80(108-10)77(58(5)46-54)93-115-53-74(99)89-30-35-110-37-39-112-41-43-114-45-44-113-42-40-111-38-36-109-34-28-75(100)94-32-26-63(27-33-94)96-66-25-29-90-82(87)76(66)78(92-96)62-21-24-70-65(50-62)91-85(88)117-70/h11-13,16-17,21,24-25,29,47,50,54,56-58,60-61,63-64,67-69,71-73,79-80,97-98,101,105H,14-15,18-20,22-23,26-28,30-46,48-49,51-53H2,1-10H3,(H2,87,90)(H2,88,91)(H,89,99)/b13-11+,16-12+,55-17+,59-47+,93-77+/t54-,56-,57-,58-,60-,61+,64+,67+,68-,69-,71+,72+,73-,79-,80+,86-/m1/s1. The van der Waals surface area contributed by atoms with Crippen molar-refractivity contribution >= 4 is 69.0 Å². The molecule has 9 rings (SSSR count). The summed E-state index contributed by atoms with van der Waals surface area (Å²) in [5.41, 5.74) is 17.4. The Balaban J connectivity index is 0.681. The van der Waals surface area contributed by atoms with Gasteiger partial charge in [-0.2, -0.15) is 10.1 Å². The van der Waals surface area contributed by atoms with Crippen LogP contribution in [0.2, 0.25) is 0 Å². The lowest BCUT2D eigenvalue weighted by Gasteiger charge is -2.43. The number of nitrogens with two attached hydrogens (primary N) is 2. The summed E-state index contributed by atoms with van der Waals surface area (Å²) in [5, 5.41) is 60.3. The minimum atomic E-state index is -2.46. The van der Waals surface area contributed by atoms with Gasteiger partial charge in [-0.1, -0.05) is 76.2 Å². The molecule has 0 radical (unpaired) electrons. The quantitative estimate of drug-likeness (QED) is 0.00801.